The molecule has 3 aromatic rings. The summed E-state index contributed by atoms with van der Waals surface area (Å²) in [6.45, 7) is 3.49. The summed E-state index contributed by atoms with van der Waals surface area (Å²) in [6, 6.07) is 8.73. The zero-order valence-corrected chi connectivity index (χ0v) is 21.2. The highest BCUT2D eigenvalue weighted by atomic mass is 16.5. The van der Waals surface area contributed by atoms with Crippen molar-refractivity contribution in [2.24, 2.45) is 11.1 Å². The number of aliphatic hydroxyl groups is 1. The predicted octanol–water partition coefficient (Wildman–Crippen LogP) is 2.71. The summed E-state index contributed by atoms with van der Waals surface area (Å²) in [6.07, 6.45) is 6.66. The largest absolute Gasteiger partial charge is 0.493 e. The van der Waals surface area contributed by atoms with Crippen LogP contribution in [0.1, 0.15) is 60.2 Å². The fourth-order valence-electron chi connectivity index (χ4n) is 5.32. The molecule has 1 spiro atoms. The zero-order chi connectivity index (χ0) is 26.4. The number of methoxy groups -OCH3 is 1. The second kappa shape index (κ2) is 9.26. The summed E-state index contributed by atoms with van der Waals surface area (Å²) in [5.41, 5.74) is 6.19. The van der Waals surface area contributed by atoms with Crippen LogP contribution in [0.5, 0.6) is 17.2 Å². The maximum atomic E-state index is 12.9. The third-order valence-electron chi connectivity index (χ3n) is 7.09. The van der Waals surface area contributed by atoms with Crippen molar-refractivity contribution < 1.29 is 28.9 Å². The first-order valence-electron chi connectivity index (χ1n) is 12.3. The average molecular weight is 509 g/mol. The van der Waals surface area contributed by atoms with Gasteiger partial charge in [0.15, 0.2) is 11.5 Å². The van der Waals surface area contributed by atoms with Crippen LogP contribution in [-0.4, -0.2) is 58.0 Å². The Bertz CT molecular complexity index is 1330. The number of nitrogens with one attached hydrogen (secondary N) is 1. The van der Waals surface area contributed by atoms with Gasteiger partial charge in [-0.25, -0.2) is 4.52 Å². The van der Waals surface area contributed by atoms with E-state index < -0.39 is 11.5 Å². The van der Waals surface area contributed by atoms with Crippen LogP contribution in [0.4, 0.5) is 0 Å². The minimum atomic E-state index is -0.947. The Balaban J connectivity index is 1.14. The monoisotopic (exact) mass is 508 g/mol. The molecule has 2 amide bonds. The number of nitrogens with zero attached hydrogens (tertiary/aromatic N) is 2. The summed E-state index contributed by atoms with van der Waals surface area (Å²) >= 11 is 0. The van der Waals surface area contributed by atoms with E-state index in [1.54, 1.807) is 61.1 Å². The Morgan fingerprint density at radius 3 is 2.62 bits per heavy atom. The summed E-state index contributed by atoms with van der Waals surface area (Å²) in [5.74, 6) is 0.721. The van der Waals surface area contributed by atoms with Gasteiger partial charge in [-0.1, -0.05) is 6.07 Å². The predicted molar refractivity (Wildman–Crippen MR) is 135 cm³/mol. The normalized spacial score (nSPS) is 22.7. The van der Waals surface area contributed by atoms with Crippen molar-refractivity contribution in [1.29, 1.82) is 0 Å². The highest BCUT2D eigenvalue weighted by Gasteiger charge is 2.54. The number of benzene rings is 1. The van der Waals surface area contributed by atoms with Gasteiger partial charge < -0.3 is 30.4 Å². The lowest BCUT2D eigenvalue weighted by Gasteiger charge is -2.57. The van der Waals surface area contributed by atoms with Gasteiger partial charge in [-0.3, -0.25) is 9.59 Å². The Morgan fingerprint density at radius 1 is 1.19 bits per heavy atom. The minimum absolute atomic E-state index is 0.0292. The second-order valence-corrected chi connectivity index (χ2v) is 10.8. The lowest BCUT2D eigenvalue weighted by molar-refractivity contribution is -0.0840. The molecule has 37 heavy (non-hydrogen) atoms. The van der Waals surface area contributed by atoms with Crippen LogP contribution in [0.15, 0.2) is 42.7 Å². The van der Waals surface area contributed by atoms with Crippen LogP contribution < -0.4 is 25.3 Å². The fraction of sp³-hybridized carbons (Fsp3) is 0.444. The molecule has 2 saturated carbocycles. The molecule has 10 nitrogen and oxygen atoms in total. The topological polar surface area (TPSA) is 137 Å². The molecular formula is C27H32N4O6. The van der Waals surface area contributed by atoms with Gasteiger partial charge >= 0.3 is 0 Å². The Kier molecular flexibility index (Phi) is 6.23. The molecule has 5 rings (SSSR count). The quantitative estimate of drug-likeness (QED) is 0.404. The van der Waals surface area contributed by atoms with E-state index >= 15 is 0 Å². The van der Waals surface area contributed by atoms with Crippen LogP contribution >= 0.6 is 0 Å². The van der Waals surface area contributed by atoms with E-state index in [2.05, 4.69) is 10.4 Å². The van der Waals surface area contributed by atoms with Crippen molar-refractivity contribution in [3.63, 3.8) is 0 Å². The van der Waals surface area contributed by atoms with Crippen LogP contribution in [0.2, 0.25) is 0 Å². The Hall–Kier alpha value is -3.79. The molecule has 2 aliphatic rings. The molecule has 2 aromatic heterocycles. The van der Waals surface area contributed by atoms with Gasteiger partial charge in [0.2, 0.25) is 0 Å². The molecule has 10 heteroatoms. The van der Waals surface area contributed by atoms with Gasteiger partial charge in [-0.2, -0.15) is 5.10 Å². The maximum Gasteiger partial charge on any atom is 0.255 e. The summed E-state index contributed by atoms with van der Waals surface area (Å²) in [7, 11) is 1.53. The number of carbonyl (C=O) groups is 2. The number of para-hydroxylation sites is 1. The van der Waals surface area contributed by atoms with E-state index in [0.717, 1.165) is 25.7 Å². The number of aromatic nitrogens is 2. The molecule has 196 valence electrons. The van der Waals surface area contributed by atoms with E-state index in [0.29, 0.717) is 33.9 Å². The summed E-state index contributed by atoms with van der Waals surface area (Å²) in [4.78, 5) is 24.8. The Labute approximate surface area is 214 Å². The molecule has 0 aliphatic heterocycles. The van der Waals surface area contributed by atoms with E-state index in [4.69, 9.17) is 19.9 Å². The number of carbonyl (C=O) groups excluding carboxylic acids is 2. The number of amides is 2. The molecule has 1 aromatic carbocycles. The first kappa shape index (κ1) is 24.9. The van der Waals surface area contributed by atoms with Crippen LogP contribution in [0, 0.1) is 5.41 Å². The summed E-state index contributed by atoms with van der Waals surface area (Å²) in [5, 5.41) is 17.3. The molecule has 2 heterocycles. The number of rotatable bonds is 9. The van der Waals surface area contributed by atoms with Gasteiger partial charge in [-0.05, 0) is 69.2 Å². The third-order valence-corrected chi connectivity index (χ3v) is 7.09. The highest BCUT2D eigenvalue weighted by Crippen LogP contribution is 2.57. The van der Waals surface area contributed by atoms with Crippen molar-refractivity contribution in [3.05, 3.63) is 53.9 Å². The zero-order valence-electron chi connectivity index (χ0n) is 21.2. The van der Waals surface area contributed by atoms with Gasteiger partial charge in [0, 0.05) is 6.04 Å². The van der Waals surface area contributed by atoms with Gasteiger partial charge in [0.25, 0.3) is 11.8 Å². The number of hydrogen-bond donors (Lipinski definition) is 3. The van der Waals surface area contributed by atoms with Gasteiger partial charge in [-0.15, -0.1) is 0 Å². The van der Waals surface area contributed by atoms with Crippen molar-refractivity contribution in [3.8, 4) is 17.2 Å². The molecule has 4 N–H and O–H groups in total. The Morgan fingerprint density at radius 2 is 1.95 bits per heavy atom. The maximum absolute atomic E-state index is 12.9. The van der Waals surface area contributed by atoms with Gasteiger partial charge in [0.1, 0.15) is 18.5 Å². The number of fused-ring (bicyclic) bond motifs is 1. The SMILES string of the molecule is COc1cccc(C(N)=O)c1OC1CC2(CC(NC(=O)c3cnn4cc(OCC(C)(C)O)ccc34)C2)C1. The molecule has 0 radical (unpaired) electrons. The number of hydrogen-bond acceptors (Lipinski definition) is 7. The smallest absolute Gasteiger partial charge is 0.255 e. The fourth-order valence-corrected chi connectivity index (χ4v) is 5.32. The van der Waals surface area contributed by atoms with Crippen LogP contribution in [0.3, 0.4) is 0 Å². The number of ether oxygens (including phenoxy) is 3. The molecule has 0 unspecified atom stereocenters. The van der Waals surface area contributed by atoms with Crippen molar-refractivity contribution >= 4 is 17.3 Å². The molecule has 0 saturated heterocycles. The number of primary amides is 1. The lowest BCUT2D eigenvalue weighted by atomic mass is 9.53. The number of nitrogens with two attached hydrogens (primary N) is 1. The van der Waals surface area contributed by atoms with E-state index in [1.807, 2.05) is 0 Å². The highest BCUT2D eigenvalue weighted by molar-refractivity contribution is 6.00. The minimum Gasteiger partial charge on any atom is -0.493 e. The van der Waals surface area contributed by atoms with Gasteiger partial charge in [0.05, 0.1) is 41.7 Å². The molecule has 2 fully saturated rings. The first-order chi connectivity index (χ1) is 17.6. The first-order valence-corrected chi connectivity index (χ1v) is 12.3. The lowest BCUT2D eigenvalue weighted by Crippen LogP contribution is -2.58. The van der Waals surface area contributed by atoms with E-state index in [9.17, 15) is 14.7 Å². The van der Waals surface area contributed by atoms with Crippen molar-refractivity contribution in [1.82, 2.24) is 14.9 Å². The third kappa shape index (κ3) is 5.06. The number of pyridine rings is 1. The van der Waals surface area contributed by atoms with Crippen LogP contribution in [0.25, 0.3) is 5.52 Å². The standard InChI is InChI=1S/C27H32N4O6/c1-26(2,34)15-36-17-7-8-21-20(13-29-31(21)14-17)25(33)30-16-9-27(10-16)11-18(12-27)37-23-19(24(28)32)5-4-6-22(23)35-3/h4-8,13-14,16,18,34H,9-12,15H2,1-3H3,(H2,28,32)(H,30,33). The van der Waals surface area contributed by atoms with Crippen molar-refractivity contribution in [2.45, 2.75) is 57.3 Å². The average Bonchev–Trinajstić information content (AvgIpc) is 3.22. The molecule has 0 bridgehead atoms. The molecule has 2 aliphatic carbocycles. The van der Waals surface area contributed by atoms with E-state index in [1.165, 1.54) is 7.11 Å². The molecule has 0 atom stereocenters. The van der Waals surface area contributed by atoms with Crippen molar-refractivity contribution in [2.75, 3.05) is 13.7 Å². The summed E-state index contributed by atoms with van der Waals surface area (Å²) < 4.78 is 18.7. The second-order valence-electron chi connectivity index (χ2n) is 10.8. The van der Waals surface area contributed by atoms with Crippen LogP contribution in [-0.2, 0) is 0 Å². The van der Waals surface area contributed by atoms with E-state index in [-0.39, 0.29) is 30.1 Å². The molecular weight excluding hydrogens is 476 g/mol.